The van der Waals surface area contributed by atoms with Crippen LogP contribution in [-0.4, -0.2) is 36.4 Å². The maximum atomic E-state index is 11.1. The number of aryl methyl sites for hydroxylation is 2. The van der Waals surface area contributed by atoms with Gasteiger partial charge >= 0.3 is 11.9 Å². The summed E-state index contributed by atoms with van der Waals surface area (Å²) in [7, 11) is 2.53. The number of ether oxygens (including phenoxy) is 2. The molecule has 0 saturated heterocycles. The summed E-state index contributed by atoms with van der Waals surface area (Å²) in [5.41, 5.74) is 1.51. The molecular formula is C18H19ClO6. The number of rotatable bonds is 2. The number of phenols is 2. The highest BCUT2D eigenvalue weighted by Gasteiger charge is 2.14. The van der Waals surface area contributed by atoms with Gasteiger partial charge in [0.25, 0.3) is 0 Å². The van der Waals surface area contributed by atoms with Crippen molar-refractivity contribution in [3.05, 3.63) is 57.6 Å². The molecule has 25 heavy (non-hydrogen) atoms. The SMILES string of the molecule is COC(=O)c1cc(Cl)cc(C)c1O.COC(=O)c1cccc(C)c1O. The van der Waals surface area contributed by atoms with Crippen LogP contribution in [0.4, 0.5) is 0 Å². The van der Waals surface area contributed by atoms with E-state index < -0.39 is 11.9 Å². The first-order valence-corrected chi connectivity index (χ1v) is 7.55. The zero-order valence-electron chi connectivity index (χ0n) is 14.3. The lowest BCUT2D eigenvalue weighted by Crippen LogP contribution is -2.02. The number of phenolic OH excluding ortho intramolecular Hbond substituents is 2. The Morgan fingerprint density at radius 2 is 1.40 bits per heavy atom. The molecule has 0 fully saturated rings. The molecule has 0 heterocycles. The number of hydrogen-bond donors (Lipinski definition) is 2. The summed E-state index contributed by atoms with van der Waals surface area (Å²) >= 11 is 5.70. The molecule has 0 radical (unpaired) electrons. The van der Waals surface area contributed by atoms with E-state index in [0.717, 1.165) is 0 Å². The quantitative estimate of drug-likeness (QED) is 0.788. The lowest BCUT2D eigenvalue weighted by molar-refractivity contribution is 0.0588. The minimum absolute atomic E-state index is 0.00986. The summed E-state index contributed by atoms with van der Waals surface area (Å²) in [6.07, 6.45) is 0. The van der Waals surface area contributed by atoms with Crippen LogP contribution in [0.3, 0.4) is 0 Å². The molecule has 134 valence electrons. The summed E-state index contributed by atoms with van der Waals surface area (Å²) in [6.45, 7) is 3.38. The fourth-order valence-electron chi connectivity index (χ4n) is 1.93. The largest absolute Gasteiger partial charge is 0.507 e. The van der Waals surface area contributed by atoms with Crippen molar-refractivity contribution >= 4 is 23.5 Å². The highest BCUT2D eigenvalue weighted by atomic mass is 35.5. The molecule has 2 aromatic carbocycles. The zero-order chi connectivity index (χ0) is 19.1. The van der Waals surface area contributed by atoms with Crippen molar-refractivity contribution in [1.82, 2.24) is 0 Å². The predicted octanol–water partition coefficient (Wildman–Crippen LogP) is 3.63. The molecule has 0 aliphatic carbocycles. The van der Waals surface area contributed by atoms with Crippen molar-refractivity contribution in [2.75, 3.05) is 14.2 Å². The van der Waals surface area contributed by atoms with Gasteiger partial charge < -0.3 is 19.7 Å². The summed E-state index contributed by atoms with van der Waals surface area (Å²) < 4.78 is 8.94. The fourth-order valence-corrected chi connectivity index (χ4v) is 2.21. The second kappa shape index (κ2) is 8.94. The minimum atomic E-state index is -0.594. The highest BCUT2D eigenvalue weighted by molar-refractivity contribution is 6.31. The van der Waals surface area contributed by atoms with E-state index in [1.807, 2.05) is 0 Å². The van der Waals surface area contributed by atoms with Crippen LogP contribution >= 0.6 is 11.6 Å². The molecule has 0 aliphatic rings. The third-order valence-electron chi connectivity index (χ3n) is 3.31. The van der Waals surface area contributed by atoms with Gasteiger partial charge in [0.15, 0.2) is 0 Å². The Hall–Kier alpha value is -2.73. The van der Waals surface area contributed by atoms with E-state index in [2.05, 4.69) is 9.47 Å². The minimum Gasteiger partial charge on any atom is -0.507 e. The monoisotopic (exact) mass is 366 g/mol. The molecule has 0 spiro atoms. The van der Waals surface area contributed by atoms with Gasteiger partial charge in [-0.3, -0.25) is 0 Å². The van der Waals surface area contributed by atoms with Crippen LogP contribution in [0.15, 0.2) is 30.3 Å². The van der Waals surface area contributed by atoms with E-state index in [1.165, 1.54) is 26.4 Å². The first-order chi connectivity index (χ1) is 11.7. The van der Waals surface area contributed by atoms with Crippen molar-refractivity contribution in [1.29, 1.82) is 0 Å². The molecular weight excluding hydrogens is 348 g/mol. The Balaban J connectivity index is 0.000000251. The van der Waals surface area contributed by atoms with Gasteiger partial charge in [0.1, 0.15) is 22.6 Å². The number of methoxy groups -OCH3 is 2. The van der Waals surface area contributed by atoms with Gasteiger partial charge in [0, 0.05) is 5.02 Å². The molecule has 0 amide bonds. The Bertz CT molecular complexity index is 785. The Labute approximate surface area is 150 Å². The molecule has 0 saturated carbocycles. The fraction of sp³-hybridized carbons (Fsp3) is 0.222. The Kier molecular flexibility index (Phi) is 7.26. The van der Waals surface area contributed by atoms with Crippen molar-refractivity contribution in [2.45, 2.75) is 13.8 Å². The van der Waals surface area contributed by atoms with E-state index in [1.54, 1.807) is 32.0 Å². The number of para-hydroxylation sites is 1. The summed E-state index contributed by atoms with van der Waals surface area (Å²) in [5, 5.41) is 19.3. The number of carbonyl (C=O) groups excluding carboxylic acids is 2. The smallest absolute Gasteiger partial charge is 0.341 e. The van der Waals surface area contributed by atoms with Crippen molar-refractivity contribution in [3.8, 4) is 11.5 Å². The van der Waals surface area contributed by atoms with Gasteiger partial charge in [-0.05, 0) is 43.2 Å². The molecule has 0 atom stereocenters. The molecule has 6 nitrogen and oxygen atoms in total. The van der Waals surface area contributed by atoms with E-state index >= 15 is 0 Å². The summed E-state index contributed by atoms with van der Waals surface area (Å²) in [6, 6.07) is 7.89. The molecule has 0 aromatic heterocycles. The lowest BCUT2D eigenvalue weighted by Gasteiger charge is -2.05. The number of carbonyl (C=O) groups is 2. The van der Waals surface area contributed by atoms with Crippen LogP contribution in [0.2, 0.25) is 5.02 Å². The van der Waals surface area contributed by atoms with Crippen LogP contribution in [0.5, 0.6) is 11.5 Å². The van der Waals surface area contributed by atoms with Gasteiger partial charge in [-0.1, -0.05) is 23.7 Å². The third-order valence-corrected chi connectivity index (χ3v) is 3.53. The third kappa shape index (κ3) is 5.12. The van der Waals surface area contributed by atoms with E-state index in [-0.39, 0.29) is 22.6 Å². The Morgan fingerprint density at radius 1 is 0.880 bits per heavy atom. The highest BCUT2D eigenvalue weighted by Crippen LogP contribution is 2.26. The lowest BCUT2D eigenvalue weighted by atomic mass is 10.1. The van der Waals surface area contributed by atoms with Gasteiger partial charge in [-0.2, -0.15) is 0 Å². The number of hydrogen-bond acceptors (Lipinski definition) is 6. The topological polar surface area (TPSA) is 93.1 Å². The van der Waals surface area contributed by atoms with E-state index in [9.17, 15) is 19.8 Å². The average molecular weight is 367 g/mol. The van der Waals surface area contributed by atoms with Crippen LogP contribution < -0.4 is 0 Å². The number of benzene rings is 2. The number of esters is 2. The first kappa shape index (κ1) is 20.3. The number of halogens is 1. The molecule has 0 bridgehead atoms. The second-order valence-electron chi connectivity index (χ2n) is 5.07. The first-order valence-electron chi connectivity index (χ1n) is 7.17. The maximum Gasteiger partial charge on any atom is 0.341 e. The van der Waals surface area contributed by atoms with Crippen molar-refractivity contribution < 1.29 is 29.3 Å². The van der Waals surface area contributed by atoms with Gasteiger partial charge in [-0.25, -0.2) is 9.59 Å². The van der Waals surface area contributed by atoms with E-state index in [4.69, 9.17) is 11.6 Å². The maximum absolute atomic E-state index is 11.1. The second-order valence-corrected chi connectivity index (χ2v) is 5.51. The van der Waals surface area contributed by atoms with Crippen LogP contribution in [-0.2, 0) is 9.47 Å². The zero-order valence-corrected chi connectivity index (χ0v) is 15.0. The molecule has 0 aliphatic heterocycles. The van der Waals surface area contributed by atoms with Crippen LogP contribution in [0, 0.1) is 13.8 Å². The standard InChI is InChI=1S/C9H9ClO3.C9H10O3/c1-5-3-6(10)4-7(8(5)11)9(12)13-2;1-6-4-3-5-7(8(6)10)9(11)12-2/h3-4,11H,1-2H3;3-5,10H,1-2H3. The van der Waals surface area contributed by atoms with Gasteiger partial charge in [0.2, 0.25) is 0 Å². The number of aromatic hydroxyl groups is 2. The predicted molar refractivity (Wildman–Crippen MR) is 93.4 cm³/mol. The normalized spacial score (nSPS) is 9.64. The van der Waals surface area contributed by atoms with Crippen LogP contribution in [0.25, 0.3) is 0 Å². The molecule has 2 rings (SSSR count). The summed E-state index contributed by atoms with van der Waals surface area (Å²) in [4.78, 5) is 22.1. The average Bonchev–Trinajstić information content (AvgIpc) is 2.59. The van der Waals surface area contributed by atoms with E-state index in [0.29, 0.717) is 16.1 Å². The van der Waals surface area contributed by atoms with Gasteiger partial charge in [-0.15, -0.1) is 0 Å². The van der Waals surface area contributed by atoms with Crippen LogP contribution in [0.1, 0.15) is 31.8 Å². The molecule has 7 heteroatoms. The molecule has 0 unspecified atom stereocenters. The Morgan fingerprint density at radius 3 is 1.96 bits per heavy atom. The molecule has 2 aromatic rings. The van der Waals surface area contributed by atoms with Gasteiger partial charge in [0.05, 0.1) is 14.2 Å². The van der Waals surface area contributed by atoms with Crippen molar-refractivity contribution in [2.24, 2.45) is 0 Å². The molecule has 2 N–H and O–H groups in total. The van der Waals surface area contributed by atoms with Crippen molar-refractivity contribution in [3.63, 3.8) is 0 Å². The summed E-state index contributed by atoms with van der Waals surface area (Å²) in [5.74, 6) is -1.21.